The van der Waals surface area contributed by atoms with Crippen LogP contribution in [0, 0.1) is 11.3 Å². The second-order valence-corrected chi connectivity index (χ2v) is 6.38. The van der Waals surface area contributed by atoms with Gasteiger partial charge < -0.3 is 5.32 Å². The van der Waals surface area contributed by atoms with Crippen molar-refractivity contribution in [3.63, 3.8) is 0 Å². The van der Waals surface area contributed by atoms with Crippen LogP contribution in [0.4, 0.5) is 5.69 Å². The highest BCUT2D eigenvalue weighted by Crippen LogP contribution is 2.24. The minimum atomic E-state index is -0.557. The molecule has 0 aliphatic carbocycles. The summed E-state index contributed by atoms with van der Waals surface area (Å²) in [6.07, 6.45) is 0. The summed E-state index contributed by atoms with van der Waals surface area (Å²) in [7, 11) is 0. The van der Waals surface area contributed by atoms with Crippen LogP contribution in [0.2, 0.25) is 0 Å². The number of nitrogens with one attached hydrogen (secondary N) is 1. The normalized spacial score (nSPS) is 11.3. The minimum Gasteiger partial charge on any atom is -0.322 e. The van der Waals surface area contributed by atoms with Crippen LogP contribution in [0.3, 0.4) is 0 Å². The third-order valence-corrected chi connectivity index (χ3v) is 4.22. The van der Waals surface area contributed by atoms with E-state index in [1.807, 2.05) is 39.0 Å². The maximum absolute atomic E-state index is 12.5. The Balaban J connectivity index is 1.79. The molecule has 1 amide bonds. The molecule has 0 spiro atoms. The molecule has 0 saturated heterocycles. The SMILES string of the molecule is CCn1nnc2cc(C(=O)Nc3ccc(C(C)(C)C#N)cc3)ccc21. The van der Waals surface area contributed by atoms with Gasteiger partial charge in [0.05, 0.1) is 17.0 Å². The Hall–Kier alpha value is -3.20. The number of anilines is 1. The fourth-order valence-corrected chi connectivity index (χ4v) is 2.59. The van der Waals surface area contributed by atoms with Crippen LogP contribution in [-0.2, 0) is 12.0 Å². The molecule has 6 heteroatoms. The first-order chi connectivity index (χ1) is 11.9. The van der Waals surface area contributed by atoms with Crippen molar-refractivity contribution in [3.8, 4) is 6.07 Å². The lowest BCUT2D eigenvalue weighted by atomic mass is 9.86. The van der Waals surface area contributed by atoms with Crippen molar-refractivity contribution in [1.29, 1.82) is 5.26 Å². The van der Waals surface area contributed by atoms with Gasteiger partial charge in [0.1, 0.15) is 5.52 Å². The number of amides is 1. The van der Waals surface area contributed by atoms with Gasteiger partial charge in [-0.15, -0.1) is 5.10 Å². The fourth-order valence-electron chi connectivity index (χ4n) is 2.59. The summed E-state index contributed by atoms with van der Waals surface area (Å²) in [4.78, 5) is 12.5. The highest BCUT2D eigenvalue weighted by Gasteiger charge is 2.19. The Kier molecular flexibility index (Phi) is 4.24. The Bertz CT molecular complexity index is 964. The number of fused-ring (bicyclic) bond motifs is 1. The molecule has 0 radical (unpaired) electrons. The van der Waals surface area contributed by atoms with Gasteiger partial charge in [-0.3, -0.25) is 4.79 Å². The van der Waals surface area contributed by atoms with E-state index in [9.17, 15) is 10.1 Å². The van der Waals surface area contributed by atoms with Crippen molar-refractivity contribution in [3.05, 3.63) is 53.6 Å². The molecule has 0 aliphatic heterocycles. The number of nitrogens with zero attached hydrogens (tertiary/aromatic N) is 4. The highest BCUT2D eigenvalue weighted by atomic mass is 16.1. The summed E-state index contributed by atoms with van der Waals surface area (Å²) in [6, 6.07) is 14.9. The van der Waals surface area contributed by atoms with E-state index < -0.39 is 5.41 Å². The fraction of sp³-hybridized carbons (Fsp3) is 0.263. The summed E-state index contributed by atoms with van der Waals surface area (Å²) in [5, 5.41) is 20.2. The standard InChI is InChI=1S/C19H19N5O/c1-4-24-17-10-5-13(11-16(17)22-23-24)18(25)21-15-8-6-14(7-9-15)19(2,3)12-20/h5-11H,4H2,1-3H3,(H,21,25). The number of aryl methyl sites for hydroxylation is 1. The molecule has 126 valence electrons. The summed E-state index contributed by atoms with van der Waals surface area (Å²) < 4.78 is 1.78. The summed E-state index contributed by atoms with van der Waals surface area (Å²) in [5.74, 6) is -0.208. The number of rotatable bonds is 4. The molecular weight excluding hydrogens is 314 g/mol. The molecule has 0 unspecified atom stereocenters. The molecule has 3 rings (SSSR count). The molecule has 1 heterocycles. The average Bonchev–Trinajstić information content (AvgIpc) is 3.04. The lowest BCUT2D eigenvalue weighted by molar-refractivity contribution is 0.102. The number of hydrogen-bond acceptors (Lipinski definition) is 4. The summed E-state index contributed by atoms with van der Waals surface area (Å²) in [5.41, 5.74) is 3.16. The number of aromatic nitrogens is 3. The molecule has 0 atom stereocenters. The van der Waals surface area contributed by atoms with E-state index in [0.717, 1.165) is 17.6 Å². The predicted molar refractivity (Wildman–Crippen MR) is 96.2 cm³/mol. The van der Waals surface area contributed by atoms with E-state index in [1.54, 1.807) is 28.9 Å². The monoisotopic (exact) mass is 333 g/mol. The highest BCUT2D eigenvalue weighted by molar-refractivity contribution is 6.05. The van der Waals surface area contributed by atoms with Crippen molar-refractivity contribution in [2.75, 3.05) is 5.32 Å². The molecule has 0 fully saturated rings. The predicted octanol–water partition coefficient (Wildman–Crippen LogP) is 3.50. The van der Waals surface area contributed by atoms with Crippen molar-refractivity contribution in [2.45, 2.75) is 32.7 Å². The lowest BCUT2D eigenvalue weighted by Gasteiger charge is -2.16. The van der Waals surface area contributed by atoms with Crippen LogP contribution in [-0.4, -0.2) is 20.9 Å². The van der Waals surface area contributed by atoms with E-state index in [2.05, 4.69) is 21.7 Å². The molecule has 0 bridgehead atoms. The Labute approximate surface area is 146 Å². The van der Waals surface area contributed by atoms with Gasteiger partial charge in [-0.1, -0.05) is 17.3 Å². The number of hydrogen-bond donors (Lipinski definition) is 1. The topological polar surface area (TPSA) is 83.6 Å². The van der Waals surface area contributed by atoms with Gasteiger partial charge in [0.15, 0.2) is 0 Å². The van der Waals surface area contributed by atoms with E-state index in [0.29, 0.717) is 16.8 Å². The number of carbonyl (C=O) groups is 1. The zero-order valence-electron chi connectivity index (χ0n) is 14.4. The largest absolute Gasteiger partial charge is 0.322 e. The molecule has 6 nitrogen and oxygen atoms in total. The van der Waals surface area contributed by atoms with Gasteiger partial charge >= 0.3 is 0 Å². The zero-order chi connectivity index (χ0) is 18.0. The van der Waals surface area contributed by atoms with Crippen LogP contribution in [0.5, 0.6) is 0 Å². The second kappa shape index (κ2) is 6.36. The first kappa shape index (κ1) is 16.7. The number of carbonyl (C=O) groups excluding carboxylic acids is 1. The van der Waals surface area contributed by atoms with Gasteiger partial charge in [0, 0.05) is 17.8 Å². The molecule has 1 N–H and O–H groups in total. The van der Waals surface area contributed by atoms with Gasteiger partial charge in [0.2, 0.25) is 0 Å². The average molecular weight is 333 g/mol. The number of nitriles is 1. The minimum absolute atomic E-state index is 0.208. The Morgan fingerprint density at radius 1 is 1.24 bits per heavy atom. The van der Waals surface area contributed by atoms with Crippen LogP contribution in [0.15, 0.2) is 42.5 Å². The van der Waals surface area contributed by atoms with Crippen molar-refractivity contribution in [2.24, 2.45) is 0 Å². The van der Waals surface area contributed by atoms with Crippen molar-refractivity contribution < 1.29 is 4.79 Å². The second-order valence-electron chi connectivity index (χ2n) is 6.38. The first-order valence-corrected chi connectivity index (χ1v) is 8.11. The molecule has 3 aromatic rings. The third kappa shape index (κ3) is 3.22. The number of benzene rings is 2. The maximum Gasteiger partial charge on any atom is 0.255 e. The Morgan fingerprint density at radius 2 is 1.96 bits per heavy atom. The smallest absolute Gasteiger partial charge is 0.255 e. The summed E-state index contributed by atoms with van der Waals surface area (Å²) in [6.45, 7) is 6.44. The van der Waals surface area contributed by atoms with E-state index in [4.69, 9.17) is 0 Å². The van der Waals surface area contributed by atoms with E-state index in [-0.39, 0.29) is 5.91 Å². The van der Waals surface area contributed by atoms with Gasteiger partial charge in [-0.2, -0.15) is 5.26 Å². The summed E-state index contributed by atoms with van der Waals surface area (Å²) >= 11 is 0. The quantitative estimate of drug-likeness (QED) is 0.792. The molecular formula is C19H19N5O. The van der Waals surface area contributed by atoms with Crippen molar-refractivity contribution in [1.82, 2.24) is 15.0 Å². The van der Waals surface area contributed by atoms with Gasteiger partial charge in [0.25, 0.3) is 5.91 Å². The van der Waals surface area contributed by atoms with Crippen LogP contribution >= 0.6 is 0 Å². The molecule has 1 aromatic heterocycles. The van der Waals surface area contributed by atoms with Gasteiger partial charge in [-0.25, -0.2) is 4.68 Å². The maximum atomic E-state index is 12.5. The Morgan fingerprint density at radius 3 is 2.60 bits per heavy atom. The van der Waals surface area contributed by atoms with Crippen LogP contribution in [0.1, 0.15) is 36.7 Å². The molecule has 2 aromatic carbocycles. The van der Waals surface area contributed by atoms with E-state index in [1.165, 1.54) is 0 Å². The molecule has 25 heavy (non-hydrogen) atoms. The third-order valence-electron chi connectivity index (χ3n) is 4.22. The van der Waals surface area contributed by atoms with Crippen LogP contribution in [0.25, 0.3) is 11.0 Å². The van der Waals surface area contributed by atoms with Gasteiger partial charge in [-0.05, 0) is 56.7 Å². The molecule has 0 aliphatic rings. The van der Waals surface area contributed by atoms with Crippen molar-refractivity contribution >= 4 is 22.6 Å². The first-order valence-electron chi connectivity index (χ1n) is 8.11. The van der Waals surface area contributed by atoms with E-state index >= 15 is 0 Å². The lowest BCUT2D eigenvalue weighted by Crippen LogP contribution is -2.15. The zero-order valence-corrected chi connectivity index (χ0v) is 14.4. The molecule has 0 saturated carbocycles. The van der Waals surface area contributed by atoms with Crippen LogP contribution < -0.4 is 5.32 Å².